The van der Waals surface area contributed by atoms with E-state index in [1.54, 1.807) is 37.3 Å². The minimum Gasteiger partial charge on any atom is -0.462 e. The third-order valence-corrected chi connectivity index (χ3v) is 5.71. The van der Waals surface area contributed by atoms with E-state index in [-0.39, 0.29) is 35.8 Å². The van der Waals surface area contributed by atoms with Crippen LogP contribution in [0.2, 0.25) is 0 Å². The number of amides is 1. The zero-order valence-electron chi connectivity index (χ0n) is 20.9. The predicted molar refractivity (Wildman–Crippen MR) is 138 cm³/mol. The summed E-state index contributed by atoms with van der Waals surface area (Å²) >= 11 is 0. The highest BCUT2D eigenvalue weighted by atomic mass is 19.1. The molecule has 2 aromatic carbocycles. The number of hydrogen-bond acceptors (Lipinski definition) is 7. The first-order valence-electron chi connectivity index (χ1n) is 11.7. The highest BCUT2D eigenvalue weighted by Gasteiger charge is 2.27. The summed E-state index contributed by atoms with van der Waals surface area (Å²) in [5.74, 6) is -2.88. The lowest BCUT2D eigenvalue weighted by Crippen LogP contribution is -2.28. The first kappa shape index (κ1) is 26.2. The van der Waals surface area contributed by atoms with Gasteiger partial charge < -0.3 is 19.4 Å². The molecule has 4 aromatic rings. The second-order valence-electron chi connectivity index (χ2n) is 8.42. The third kappa shape index (κ3) is 5.44. The van der Waals surface area contributed by atoms with Gasteiger partial charge in [-0.25, -0.2) is 14.0 Å². The number of nitrogens with zero attached hydrogens (tertiary/aromatic N) is 2. The molecule has 0 fully saturated rings. The standard InChI is InChI=1S/C28H24FN3O6/c1-4-37-28(36)23-25(38-27(35)18-8-6-5-7-9-18)24-22(32(3)26(23)34)13-17(15-30-24)12-19-10-11-20(29)14-21(19)31-16(2)33/h5-11,13-15H,4,12H2,1-3H3,(H,31,33). The van der Waals surface area contributed by atoms with Crippen molar-refractivity contribution in [1.29, 1.82) is 0 Å². The maximum Gasteiger partial charge on any atom is 0.347 e. The van der Waals surface area contributed by atoms with E-state index in [4.69, 9.17) is 9.47 Å². The van der Waals surface area contributed by atoms with Crippen molar-refractivity contribution in [1.82, 2.24) is 9.55 Å². The zero-order chi connectivity index (χ0) is 27.4. The molecule has 0 unspecified atom stereocenters. The fourth-order valence-electron chi connectivity index (χ4n) is 3.95. The van der Waals surface area contributed by atoms with Gasteiger partial charge in [0.25, 0.3) is 5.56 Å². The molecule has 1 amide bonds. The number of rotatable bonds is 7. The number of halogens is 1. The molecule has 1 N–H and O–H groups in total. The topological polar surface area (TPSA) is 117 Å². The Morgan fingerprint density at radius 2 is 1.79 bits per heavy atom. The molecule has 2 aromatic heterocycles. The third-order valence-electron chi connectivity index (χ3n) is 5.71. The van der Waals surface area contributed by atoms with Gasteiger partial charge in [-0.2, -0.15) is 0 Å². The Balaban J connectivity index is 1.84. The molecule has 0 saturated heterocycles. The van der Waals surface area contributed by atoms with Crippen LogP contribution in [0.4, 0.5) is 10.1 Å². The number of pyridine rings is 2. The molecule has 38 heavy (non-hydrogen) atoms. The number of fused-ring (bicyclic) bond motifs is 1. The molecular formula is C28H24FN3O6. The number of aryl methyl sites for hydroxylation is 1. The van der Waals surface area contributed by atoms with E-state index in [1.165, 1.54) is 49.0 Å². The van der Waals surface area contributed by atoms with Crippen LogP contribution in [-0.2, 0) is 23.0 Å². The molecule has 194 valence electrons. The smallest absolute Gasteiger partial charge is 0.347 e. The van der Waals surface area contributed by atoms with Gasteiger partial charge in [0.1, 0.15) is 11.3 Å². The Hall–Kier alpha value is -4.86. The molecule has 0 radical (unpaired) electrons. The maximum absolute atomic E-state index is 13.8. The second kappa shape index (κ2) is 11.0. The highest BCUT2D eigenvalue weighted by Crippen LogP contribution is 2.29. The van der Waals surface area contributed by atoms with Crippen LogP contribution in [-0.4, -0.2) is 34.0 Å². The quantitative estimate of drug-likeness (QED) is 0.368. The number of aromatic nitrogens is 2. The first-order valence-corrected chi connectivity index (χ1v) is 11.7. The van der Waals surface area contributed by atoms with Gasteiger partial charge >= 0.3 is 11.9 Å². The maximum atomic E-state index is 13.8. The Labute approximate surface area is 216 Å². The number of hydrogen-bond donors (Lipinski definition) is 1. The lowest BCUT2D eigenvalue weighted by Gasteiger charge is -2.15. The van der Waals surface area contributed by atoms with Crippen LogP contribution in [0, 0.1) is 5.82 Å². The van der Waals surface area contributed by atoms with Crippen LogP contribution >= 0.6 is 0 Å². The number of esters is 2. The summed E-state index contributed by atoms with van der Waals surface area (Å²) in [6, 6.07) is 13.8. The minimum atomic E-state index is -0.942. The lowest BCUT2D eigenvalue weighted by atomic mass is 10.0. The number of carbonyl (C=O) groups is 3. The lowest BCUT2D eigenvalue weighted by molar-refractivity contribution is -0.114. The van der Waals surface area contributed by atoms with Crippen molar-refractivity contribution < 1.29 is 28.2 Å². The molecule has 0 aliphatic rings. The van der Waals surface area contributed by atoms with Crippen molar-refractivity contribution in [3.8, 4) is 5.75 Å². The largest absolute Gasteiger partial charge is 0.462 e. The summed E-state index contributed by atoms with van der Waals surface area (Å²) in [4.78, 5) is 54.9. The van der Waals surface area contributed by atoms with E-state index < -0.39 is 28.9 Å². The average molecular weight is 518 g/mol. The average Bonchev–Trinajstić information content (AvgIpc) is 2.89. The van der Waals surface area contributed by atoms with Gasteiger partial charge in [-0.05, 0) is 48.4 Å². The number of ether oxygens (including phenoxy) is 2. The van der Waals surface area contributed by atoms with Crippen molar-refractivity contribution in [3.63, 3.8) is 0 Å². The predicted octanol–water partition coefficient (Wildman–Crippen LogP) is 4.02. The van der Waals surface area contributed by atoms with Crippen molar-refractivity contribution in [2.75, 3.05) is 11.9 Å². The van der Waals surface area contributed by atoms with Gasteiger partial charge in [0.05, 0.1) is 17.7 Å². The van der Waals surface area contributed by atoms with Gasteiger partial charge in [0.15, 0.2) is 11.3 Å². The van der Waals surface area contributed by atoms with E-state index in [1.807, 2.05) is 0 Å². The molecular weight excluding hydrogens is 493 g/mol. The number of anilines is 1. The summed E-state index contributed by atoms with van der Waals surface area (Å²) in [6.45, 7) is 2.92. The summed E-state index contributed by atoms with van der Waals surface area (Å²) in [5.41, 5.74) is 0.978. The molecule has 4 rings (SSSR count). The van der Waals surface area contributed by atoms with E-state index >= 15 is 0 Å². The van der Waals surface area contributed by atoms with Crippen LogP contribution in [0.1, 0.15) is 45.7 Å². The van der Waals surface area contributed by atoms with Gasteiger partial charge in [-0.1, -0.05) is 24.3 Å². The van der Waals surface area contributed by atoms with Gasteiger partial charge in [0.2, 0.25) is 5.91 Å². The first-order chi connectivity index (χ1) is 18.2. The second-order valence-corrected chi connectivity index (χ2v) is 8.42. The number of benzene rings is 2. The molecule has 0 aliphatic heterocycles. The number of carbonyl (C=O) groups excluding carboxylic acids is 3. The molecule has 0 saturated carbocycles. The van der Waals surface area contributed by atoms with Crippen LogP contribution < -0.4 is 15.6 Å². The van der Waals surface area contributed by atoms with E-state index in [9.17, 15) is 23.6 Å². The fraction of sp³-hybridized carbons (Fsp3) is 0.179. The van der Waals surface area contributed by atoms with E-state index in [0.717, 1.165) is 0 Å². The molecule has 0 atom stereocenters. The van der Waals surface area contributed by atoms with Crippen LogP contribution in [0.5, 0.6) is 5.75 Å². The summed E-state index contributed by atoms with van der Waals surface area (Å²) in [6.07, 6.45) is 1.73. The Kier molecular flexibility index (Phi) is 7.61. The molecule has 0 bridgehead atoms. The number of nitrogens with one attached hydrogen (secondary N) is 1. The Morgan fingerprint density at radius 3 is 2.47 bits per heavy atom. The van der Waals surface area contributed by atoms with Gasteiger partial charge in [-0.15, -0.1) is 0 Å². The molecule has 0 aliphatic carbocycles. The zero-order valence-corrected chi connectivity index (χ0v) is 20.9. The van der Waals surface area contributed by atoms with Crippen molar-refractivity contribution >= 4 is 34.6 Å². The Morgan fingerprint density at radius 1 is 1.05 bits per heavy atom. The van der Waals surface area contributed by atoms with Crippen LogP contribution in [0.3, 0.4) is 0 Å². The molecule has 10 heteroatoms. The Bertz CT molecular complexity index is 1610. The van der Waals surface area contributed by atoms with Gasteiger partial charge in [0, 0.05) is 32.3 Å². The fourth-order valence-corrected chi connectivity index (χ4v) is 3.95. The summed E-state index contributed by atoms with van der Waals surface area (Å²) in [7, 11) is 1.46. The van der Waals surface area contributed by atoms with Crippen molar-refractivity contribution in [2.24, 2.45) is 7.05 Å². The highest BCUT2D eigenvalue weighted by molar-refractivity contribution is 6.01. The molecule has 9 nitrogen and oxygen atoms in total. The van der Waals surface area contributed by atoms with Crippen molar-refractivity contribution in [3.05, 3.63) is 99.2 Å². The SMILES string of the molecule is CCOC(=O)c1c(OC(=O)c2ccccc2)c2ncc(Cc3ccc(F)cc3NC(C)=O)cc2n(C)c1=O. The molecule has 2 heterocycles. The van der Waals surface area contributed by atoms with E-state index in [0.29, 0.717) is 22.3 Å². The monoisotopic (exact) mass is 517 g/mol. The normalized spacial score (nSPS) is 10.7. The van der Waals surface area contributed by atoms with Crippen molar-refractivity contribution in [2.45, 2.75) is 20.3 Å². The van der Waals surface area contributed by atoms with Crippen LogP contribution in [0.25, 0.3) is 11.0 Å². The summed E-state index contributed by atoms with van der Waals surface area (Å²) in [5, 5.41) is 2.61. The molecule has 0 spiro atoms. The minimum absolute atomic E-state index is 0.00671. The van der Waals surface area contributed by atoms with Crippen LogP contribution in [0.15, 0.2) is 65.6 Å². The van der Waals surface area contributed by atoms with Gasteiger partial charge in [-0.3, -0.25) is 14.6 Å². The summed E-state index contributed by atoms with van der Waals surface area (Å²) < 4.78 is 25.6. The van der Waals surface area contributed by atoms with E-state index in [2.05, 4.69) is 10.3 Å².